The van der Waals surface area contributed by atoms with Crippen molar-refractivity contribution in [2.75, 3.05) is 0 Å². The molecule has 1 unspecified atom stereocenters. The van der Waals surface area contributed by atoms with Crippen molar-refractivity contribution in [1.29, 1.82) is 5.26 Å². The number of rotatable bonds is 10. The van der Waals surface area contributed by atoms with E-state index in [0.717, 1.165) is 43.4 Å². The molecule has 0 fully saturated rings. The first kappa shape index (κ1) is 22.7. The molecule has 1 aliphatic carbocycles. The van der Waals surface area contributed by atoms with Crippen LogP contribution in [0.25, 0.3) is 6.08 Å². The van der Waals surface area contributed by atoms with Crippen molar-refractivity contribution in [2.45, 2.75) is 78.7 Å². The monoisotopic (exact) mass is 389 g/mol. The van der Waals surface area contributed by atoms with Crippen molar-refractivity contribution >= 4 is 6.08 Å². The van der Waals surface area contributed by atoms with Gasteiger partial charge in [0.05, 0.1) is 0 Å². The van der Waals surface area contributed by atoms with E-state index >= 15 is 0 Å². The van der Waals surface area contributed by atoms with Crippen molar-refractivity contribution in [2.24, 2.45) is 0 Å². The van der Waals surface area contributed by atoms with Gasteiger partial charge < -0.3 is 5.32 Å². The molecule has 3 heteroatoms. The molecule has 0 amide bonds. The molecule has 0 radical (unpaired) electrons. The molecule has 0 saturated carbocycles. The van der Waals surface area contributed by atoms with Gasteiger partial charge in [-0.05, 0) is 73.2 Å². The lowest BCUT2D eigenvalue weighted by Crippen LogP contribution is -2.22. The van der Waals surface area contributed by atoms with E-state index in [2.05, 4.69) is 74.4 Å². The van der Waals surface area contributed by atoms with Gasteiger partial charge in [0.1, 0.15) is 11.8 Å². The van der Waals surface area contributed by atoms with Crippen LogP contribution in [0.5, 0.6) is 0 Å². The fourth-order valence-electron chi connectivity index (χ4n) is 3.84. The average molecular weight is 390 g/mol. The lowest BCUT2D eigenvalue weighted by molar-refractivity contribution is 0.521. The van der Waals surface area contributed by atoms with Gasteiger partial charge in [0.2, 0.25) is 0 Å². The van der Waals surface area contributed by atoms with Crippen molar-refractivity contribution < 1.29 is 0 Å². The van der Waals surface area contributed by atoms with E-state index in [1.165, 1.54) is 29.6 Å². The molecule has 1 aromatic rings. The third kappa shape index (κ3) is 6.75. The zero-order chi connectivity index (χ0) is 21.1. The third-order valence-electron chi connectivity index (χ3n) is 5.53. The van der Waals surface area contributed by atoms with Gasteiger partial charge in [0, 0.05) is 18.2 Å². The van der Waals surface area contributed by atoms with Gasteiger partial charge in [-0.25, -0.2) is 4.98 Å². The second kappa shape index (κ2) is 12.1. The van der Waals surface area contributed by atoms with E-state index in [-0.39, 0.29) is 0 Å². The van der Waals surface area contributed by atoms with Crippen molar-refractivity contribution in [3.63, 3.8) is 0 Å². The van der Waals surface area contributed by atoms with Crippen LogP contribution in [0.1, 0.15) is 83.2 Å². The number of hydrogen-bond donors (Lipinski definition) is 1. The molecule has 1 N–H and O–H groups in total. The van der Waals surface area contributed by atoms with E-state index in [9.17, 15) is 5.26 Å². The Labute approximate surface area is 176 Å². The molecule has 1 aromatic heterocycles. The van der Waals surface area contributed by atoms with E-state index in [1.807, 2.05) is 12.3 Å². The maximum absolute atomic E-state index is 9.47. The van der Waals surface area contributed by atoms with Gasteiger partial charge in [0.25, 0.3) is 0 Å². The Bertz CT molecular complexity index is 834. The van der Waals surface area contributed by atoms with Crippen LogP contribution in [-0.2, 0) is 6.42 Å². The second-order valence-electron chi connectivity index (χ2n) is 7.57. The van der Waals surface area contributed by atoms with Crippen molar-refractivity contribution in [3.8, 4) is 6.07 Å². The topological polar surface area (TPSA) is 48.7 Å². The molecule has 1 aliphatic rings. The highest BCUT2D eigenvalue weighted by atomic mass is 14.9. The molecule has 0 spiro atoms. The Morgan fingerprint density at radius 1 is 1.21 bits per heavy atom. The highest BCUT2D eigenvalue weighted by Crippen LogP contribution is 2.28. The Kier molecular flexibility index (Phi) is 9.44. The van der Waals surface area contributed by atoms with Crippen molar-refractivity contribution in [1.82, 2.24) is 10.3 Å². The van der Waals surface area contributed by atoms with Crippen molar-refractivity contribution in [3.05, 3.63) is 70.2 Å². The number of nitrogens with one attached hydrogen (secondary N) is 1. The maximum atomic E-state index is 9.47. The third-order valence-corrected chi connectivity index (χ3v) is 5.53. The zero-order valence-electron chi connectivity index (χ0n) is 18.5. The van der Waals surface area contributed by atoms with Gasteiger partial charge in [-0.15, -0.1) is 0 Å². The summed E-state index contributed by atoms with van der Waals surface area (Å²) in [6.07, 6.45) is 18.0. The minimum Gasteiger partial charge on any atom is -0.388 e. The van der Waals surface area contributed by atoms with Crippen LogP contribution < -0.4 is 5.32 Å². The molecule has 0 saturated heterocycles. The lowest BCUT2D eigenvalue weighted by Gasteiger charge is -2.15. The molecule has 2 rings (SSSR count). The number of nitriles is 1. The summed E-state index contributed by atoms with van der Waals surface area (Å²) >= 11 is 0. The molecule has 0 aliphatic heterocycles. The van der Waals surface area contributed by atoms with Crippen LogP contribution in [0, 0.1) is 11.3 Å². The Hall–Kier alpha value is -2.60. The largest absolute Gasteiger partial charge is 0.388 e. The first-order valence-electron chi connectivity index (χ1n) is 11.1. The number of aromatic nitrogens is 1. The first-order valence-corrected chi connectivity index (χ1v) is 11.1. The highest BCUT2D eigenvalue weighted by Gasteiger charge is 2.13. The molecule has 1 atom stereocenters. The fraction of sp³-hybridized carbons (Fsp3) is 0.462. The predicted molar refractivity (Wildman–Crippen MR) is 123 cm³/mol. The summed E-state index contributed by atoms with van der Waals surface area (Å²) in [5.41, 5.74) is 6.72. The summed E-state index contributed by atoms with van der Waals surface area (Å²) in [6.45, 7) is 8.85. The Morgan fingerprint density at radius 2 is 2.03 bits per heavy atom. The molecule has 3 nitrogen and oxygen atoms in total. The summed E-state index contributed by atoms with van der Waals surface area (Å²) in [5, 5.41) is 13.0. The van der Waals surface area contributed by atoms with Gasteiger partial charge in [-0.2, -0.15) is 5.26 Å². The van der Waals surface area contributed by atoms with Gasteiger partial charge in [-0.3, -0.25) is 0 Å². The first-order chi connectivity index (χ1) is 14.1. The SMILES string of the molecule is CCCC(CC)N/C=C\c1cc(C#N)nc(CC2=C(CC)CC=CC=C2CC)c1. The van der Waals surface area contributed by atoms with Crippen LogP contribution in [0.15, 0.2) is 53.3 Å². The van der Waals surface area contributed by atoms with Crippen LogP contribution in [-0.4, -0.2) is 11.0 Å². The summed E-state index contributed by atoms with van der Waals surface area (Å²) in [7, 11) is 0. The van der Waals surface area contributed by atoms with Crippen LogP contribution in [0.3, 0.4) is 0 Å². The second-order valence-corrected chi connectivity index (χ2v) is 7.57. The van der Waals surface area contributed by atoms with E-state index in [0.29, 0.717) is 11.7 Å². The molecular formula is C26H35N3. The molecule has 1 heterocycles. The minimum absolute atomic E-state index is 0.482. The smallest absolute Gasteiger partial charge is 0.141 e. The fourth-order valence-corrected chi connectivity index (χ4v) is 3.84. The summed E-state index contributed by atoms with van der Waals surface area (Å²) in [6, 6.07) is 6.71. The number of pyridine rings is 1. The predicted octanol–water partition coefficient (Wildman–Crippen LogP) is 6.64. The van der Waals surface area contributed by atoms with Gasteiger partial charge >= 0.3 is 0 Å². The normalized spacial score (nSPS) is 15.2. The van der Waals surface area contributed by atoms with Crippen LogP contribution >= 0.6 is 0 Å². The summed E-state index contributed by atoms with van der Waals surface area (Å²) in [4.78, 5) is 4.61. The van der Waals surface area contributed by atoms with Gasteiger partial charge in [-0.1, -0.05) is 57.9 Å². The molecule has 29 heavy (non-hydrogen) atoms. The summed E-state index contributed by atoms with van der Waals surface area (Å²) < 4.78 is 0. The lowest BCUT2D eigenvalue weighted by atomic mass is 9.91. The van der Waals surface area contributed by atoms with Crippen LogP contribution in [0.4, 0.5) is 0 Å². The number of nitrogens with zero attached hydrogens (tertiary/aromatic N) is 2. The molecular weight excluding hydrogens is 354 g/mol. The summed E-state index contributed by atoms with van der Waals surface area (Å²) in [5.74, 6) is 0. The van der Waals surface area contributed by atoms with Crippen LogP contribution in [0.2, 0.25) is 0 Å². The van der Waals surface area contributed by atoms with Gasteiger partial charge in [0.15, 0.2) is 0 Å². The Morgan fingerprint density at radius 3 is 2.69 bits per heavy atom. The Balaban J connectivity index is 2.28. The standard InChI is InChI=1S/C26H35N3/c1-5-11-23(8-4)28-15-14-20-16-24(29-25(17-20)19-27)18-26-21(6-2)12-9-10-13-22(26)7-3/h9-10,12,14-17,23,28H,5-8,11,13,18H2,1-4H3/b15-14-. The average Bonchev–Trinajstić information content (AvgIpc) is 2.94. The molecule has 0 aromatic carbocycles. The highest BCUT2D eigenvalue weighted by molar-refractivity contribution is 5.52. The zero-order valence-corrected chi connectivity index (χ0v) is 18.5. The number of allylic oxidation sites excluding steroid dienone is 6. The van der Waals surface area contributed by atoms with E-state index in [4.69, 9.17) is 0 Å². The molecule has 0 bridgehead atoms. The molecule has 154 valence electrons. The maximum Gasteiger partial charge on any atom is 0.141 e. The van der Waals surface area contributed by atoms with E-state index < -0.39 is 0 Å². The quantitative estimate of drug-likeness (QED) is 0.488. The minimum atomic E-state index is 0.482. The van der Waals surface area contributed by atoms with E-state index in [1.54, 1.807) is 0 Å². The number of hydrogen-bond acceptors (Lipinski definition) is 3.